The summed E-state index contributed by atoms with van der Waals surface area (Å²) in [7, 11) is 0. The minimum atomic E-state index is 0. The highest BCUT2D eigenvalue weighted by molar-refractivity contribution is 14.0. The fourth-order valence-corrected chi connectivity index (χ4v) is 9.48. The van der Waals surface area contributed by atoms with Crippen LogP contribution < -0.4 is 25.2 Å². The Balaban J connectivity index is 0.000000166. The molecule has 9 nitrogen and oxygen atoms in total. The summed E-state index contributed by atoms with van der Waals surface area (Å²) in [6.07, 6.45) is 4.02. The van der Waals surface area contributed by atoms with Gasteiger partial charge in [-0.15, -0.1) is 46.7 Å². The third-order valence-corrected chi connectivity index (χ3v) is 12.4. The third-order valence-electron chi connectivity index (χ3n) is 10.3. The Morgan fingerprint density at radius 3 is 1.65 bits per heavy atom. The van der Waals surface area contributed by atoms with Gasteiger partial charge in [-0.3, -0.25) is 4.79 Å². The molecule has 284 valence electrons. The number of anilines is 2. The standard InChI is InChI=1S/C23H28N3O2S.C19H20N2O2S.HI/c1-2-3-17-14-20-23(16-21(17)26-8-12-28-13-9-26)29-22-15-18(4-5-19(22)24-20)25-6-10-27-11-7-25;1-2-3-13-10-16-19(12-17(13)22)24-18-11-14(4-5-15(18)20-16)21-6-8-23-9-7-21;/h4-5,14-16H,2-3,6-13H2,1H3;4-5,10-12H,2-3,6-9H2,1H3;1H/q+1;;. The fraction of sp³-hybridized carbons (Fsp3) is 0.429. The molecule has 12 heteroatoms. The lowest BCUT2D eigenvalue weighted by Gasteiger charge is -2.29. The van der Waals surface area contributed by atoms with Gasteiger partial charge in [0.25, 0.3) is 0 Å². The fourth-order valence-electron chi connectivity index (χ4n) is 7.45. The van der Waals surface area contributed by atoms with E-state index in [2.05, 4.69) is 76.8 Å². The minimum Gasteiger partial charge on any atom is -0.378 e. The van der Waals surface area contributed by atoms with Crippen molar-refractivity contribution in [1.29, 1.82) is 0 Å². The number of rotatable bonds is 6. The summed E-state index contributed by atoms with van der Waals surface area (Å²) in [5.74, 6) is 0. The van der Waals surface area contributed by atoms with Crippen molar-refractivity contribution in [2.75, 3.05) is 88.7 Å². The van der Waals surface area contributed by atoms with Crippen LogP contribution in [0.1, 0.15) is 37.8 Å². The Kier molecular flexibility index (Phi) is 13.1. The zero-order valence-corrected chi connectivity index (χ0v) is 35.1. The van der Waals surface area contributed by atoms with Gasteiger partial charge in [0.15, 0.2) is 18.5 Å². The van der Waals surface area contributed by atoms with Gasteiger partial charge in [-0.2, -0.15) is 0 Å². The average Bonchev–Trinajstić information content (AvgIpc) is 3.20. The lowest BCUT2D eigenvalue weighted by molar-refractivity contribution is 0.0964. The van der Waals surface area contributed by atoms with E-state index < -0.39 is 0 Å². The van der Waals surface area contributed by atoms with Crippen molar-refractivity contribution >= 4 is 78.5 Å². The van der Waals surface area contributed by atoms with Crippen LogP contribution in [0.25, 0.3) is 41.6 Å². The third kappa shape index (κ3) is 8.74. The van der Waals surface area contributed by atoms with Gasteiger partial charge in [0.1, 0.15) is 13.2 Å². The number of halogens is 1. The van der Waals surface area contributed by atoms with Gasteiger partial charge in [0.05, 0.1) is 68.0 Å². The molecule has 0 atom stereocenters. The first kappa shape index (κ1) is 39.0. The molecule has 0 unspecified atom stereocenters. The van der Waals surface area contributed by atoms with E-state index in [4.69, 9.17) is 24.2 Å². The first-order valence-electron chi connectivity index (χ1n) is 19.1. The Morgan fingerprint density at radius 1 is 0.630 bits per heavy atom. The summed E-state index contributed by atoms with van der Waals surface area (Å²) in [4.78, 5) is 29.0. The molecule has 54 heavy (non-hydrogen) atoms. The maximum Gasteiger partial charge on any atom is 0.204 e. The summed E-state index contributed by atoms with van der Waals surface area (Å²) in [5.41, 5.74) is 9.00. The minimum absolute atomic E-state index is 0. The van der Waals surface area contributed by atoms with E-state index in [1.165, 1.54) is 31.9 Å². The molecule has 0 spiro atoms. The molecule has 0 aromatic heterocycles. The maximum atomic E-state index is 12.2. The van der Waals surface area contributed by atoms with Crippen LogP contribution in [0, 0.1) is 0 Å². The molecule has 0 N–H and O–H groups in total. The molecule has 3 saturated heterocycles. The number of benzene rings is 4. The molecule has 0 saturated carbocycles. The number of ether oxygens (including phenoxy) is 3. The van der Waals surface area contributed by atoms with Crippen LogP contribution in [0.4, 0.5) is 11.4 Å². The summed E-state index contributed by atoms with van der Waals surface area (Å²) in [6, 6.07) is 21.5. The number of nitrogens with zero attached hydrogens (tertiary/aromatic N) is 5. The van der Waals surface area contributed by atoms with Crippen LogP contribution in [0.2, 0.25) is 0 Å². The van der Waals surface area contributed by atoms with Crippen LogP contribution >= 0.6 is 46.7 Å². The monoisotopic (exact) mass is 878 g/mol. The second-order valence-electron chi connectivity index (χ2n) is 13.9. The lowest BCUT2D eigenvalue weighted by atomic mass is 10.1. The number of aryl methyl sites for hydroxylation is 2. The highest BCUT2D eigenvalue weighted by atomic mass is 127. The highest BCUT2D eigenvalue weighted by Gasteiger charge is 2.20. The SMILES string of the molecule is CCCc1cc2nc3ccc(N4CCOCC4)cc3sc-2cc1=O.CCCc1cc2nc3ccc(N4CCOCC4)cc3sc-2cc1=[N+]1CCOCC1.I. The lowest BCUT2D eigenvalue weighted by Crippen LogP contribution is -2.41. The topological polar surface area (TPSA) is 80.0 Å². The largest absolute Gasteiger partial charge is 0.378 e. The van der Waals surface area contributed by atoms with Crippen LogP contribution in [-0.2, 0) is 27.1 Å². The van der Waals surface area contributed by atoms with Gasteiger partial charge in [-0.1, -0.05) is 26.7 Å². The van der Waals surface area contributed by atoms with E-state index >= 15 is 0 Å². The van der Waals surface area contributed by atoms with Crippen molar-refractivity contribution in [3.8, 4) is 21.1 Å². The molecule has 0 radical (unpaired) electrons. The Bertz CT molecular complexity index is 2270. The second-order valence-corrected chi connectivity index (χ2v) is 16.1. The van der Waals surface area contributed by atoms with E-state index in [0.717, 1.165) is 142 Å². The molecule has 2 aliphatic carbocycles. The normalized spacial score (nSPS) is 16.4. The van der Waals surface area contributed by atoms with E-state index in [0.29, 0.717) is 0 Å². The average molecular weight is 879 g/mol. The first-order chi connectivity index (χ1) is 26.1. The van der Waals surface area contributed by atoms with Gasteiger partial charge in [0, 0.05) is 60.8 Å². The molecule has 5 heterocycles. The van der Waals surface area contributed by atoms with Crippen LogP contribution in [-0.4, -0.2) is 88.9 Å². The Hall–Kier alpha value is -3.27. The number of hydrogen-bond acceptors (Lipinski definition) is 10. The van der Waals surface area contributed by atoms with E-state index in [-0.39, 0.29) is 29.4 Å². The van der Waals surface area contributed by atoms with Crippen molar-refractivity contribution < 1.29 is 14.2 Å². The Labute approximate surface area is 341 Å². The smallest absolute Gasteiger partial charge is 0.204 e. The quantitative estimate of drug-likeness (QED) is 0.0992. The molecule has 0 bridgehead atoms. The van der Waals surface area contributed by atoms with Gasteiger partial charge < -0.3 is 24.0 Å². The number of morpholine rings is 3. The molecular weight excluding hydrogens is 830 g/mol. The first-order valence-corrected chi connectivity index (χ1v) is 20.8. The van der Waals surface area contributed by atoms with E-state index in [9.17, 15) is 4.79 Å². The van der Waals surface area contributed by atoms with Gasteiger partial charge >= 0.3 is 0 Å². The van der Waals surface area contributed by atoms with Crippen LogP contribution in [0.15, 0.2) is 65.5 Å². The number of fused-ring (bicyclic) bond motifs is 4. The number of aromatic nitrogens is 2. The maximum absolute atomic E-state index is 12.2. The van der Waals surface area contributed by atoms with Gasteiger partial charge in [-0.05, 0) is 61.4 Å². The molecular formula is C42H49IN5O4S2+. The van der Waals surface area contributed by atoms with E-state index in [1.807, 2.05) is 17.4 Å². The predicted molar refractivity (Wildman–Crippen MR) is 234 cm³/mol. The number of hydrogen-bond donors (Lipinski definition) is 0. The molecule has 2 aromatic rings. The predicted octanol–water partition coefficient (Wildman–Crippen LogP) is 7.16. The highest BCUT2D eigenvalue weighted by Crippen LogP contribution is 2.34. The summed E-state index contributed by atoms with van der Waals surface area (Å²) in [6.45, 7) is 14.8. The molecule has 7 aliphatic rings. The van der Waals surface area contributed by atoms with Crippen LogP contribution in [0.5, 0.6) is 0 Å². The van der Waals surface area contributed by atoms with Gasteiger partial charge in [0.2, 0.25) is 5.36 Å². The Morgan fingerprint density at radius 2 is 1.11 bits per heavy atom. The zero-order valence-electron chi connectivity index (χ0n) is 31.2. The summed E-state index contributed by atoms with van der Waals surface area (Å²) in [5, 5.41) is 1.37. The van der Waals surface area contributed by atoms with Crippen molar-refractivity contribution in [3.05, 3.63) is 87.4 Å². The van der Waals surface area contributed by atoms with Crippen LogP contribution in [0.3, 0.4) is 0 Å². The van der Waals surface area contributed by atoms with Crippen molar-refractivity contribution in [3.63, 3.8) is 0 Å². The zero-order chi connectivity index (χ0) is 36.1. The molecule has 2 aromatic carbocycles. The molecule has 9 rings (SSSR count). The van der Waals surface area contributed by atoms with E-state index in [1.54, 1.807) is 17.4 Å². The van der Waals surface area contributed by atoms with Gasteiger partial charge in [-0.25, -0.2) is 14.5 Å². The molecule has 0 amide bonds. The summed E-state index contributed by atoms with van der Waals surface area (Å²) < 4.78 is 21.3. The molecule has 3 fully saturated rings. The van der Waals surface area contributed by atoms with Crippen molar-refractivity contribution in [2.24, 2.45) is 0 Å². The summed E-state index contributed by atoms with van der Waals surface area (Å²) >= 11 is 3.51. The van der Waals surface area contributed by atoms with Crippen molar-refractivity contribution in [1.82, 2.24) is 14.5 Å². The second kappa shape index (κ2) is 18.1. The molecule has 5 aliphatic heterocycles. The van der Waals surface area contributed by atoms with Crippen molar-refractivity contribution in [2.45, 2.75) is 39.5 Å².